The summed E-state index contributed by atoms with van der Waals surface area (Å²) in [4.78, 5) is 22.5. The van der Waals surface area contributed by atoms with E-state index in [9.17, 15) is 9.90 Å². The lowest BCUT2D eigenvalue weighted by atomic mass is 9.52. The van der Waals surface area contributed by atoms with Crippen molar-refractivity contribution in [3.05, 3.63) is 24.3 Å². The molecule has 0 amide bonds. The molecule has 4 heteroatoms. The molecule has 0 aromatic rings. The normalized spacial score (nSPS) is 39.3. The molecule has 0 aromatic heterocycles. The van der Waals surface area contributed by atoms with Gasteiger partial charge < -0.3 is 5.11 Å². The Kier molecular flexibility index (Phi) is 6.12. The molecule has 1 saturated heterocycles. The van der Waals surface area contributed by atoms with Crippen LogP contribution in [0.4, 0.5) is 0 Å². The molecule has 28 heavy (non-hydrogen) atoms. The van der Waals surface area contributed by atoms with E-state index in [-0.39, 0.29) is 17.1 Å². The topological polar surface area (TPSA) is 55.8 Å². The molecule has 3 aliphatic rings. The highest BCUT2D eigenvalue weighted by molar-refractivity contribution is 5.70. The van der Waals surface area contributed by atoms with Crippen LogP contribution < -0.4 is 0 Å². The first-order valence-corrected chi connectivity index (χ1v) is 10.9. The highest BCUT2D eigenvalue weighted by Gasteiger charge is 2.48. The van der Waals surface area contributed by atoms with E-state index in [2.05, 4.69) is 33.9 Å². The van der Waals surface area contributed by atoms with Crippen molar-refractivity contribution in [2.24, 2.45) is 29.1 Å². The Labute approximate surface area is 170 Å². The summed E-state index contributed by atoms with van der Waals surface area (Å²) in [6, 6.07) is 0. The van der Waals surface area contributed by atoms with E-state index < -0.39 is 11.9 Å². The summed E-state index contributed by atoms with van der Waals surface area (Å²) in [6.45, 7) is 17.4. The predicted molar refractivity (Wildman–Crippen MR) is 111 cm³/mol. The minimum absolute atomic E-state index is 0.243. The molecule has 6 atom stereocenters. The largest absolute Gasteiger partial charge is 0.481 e. The zero-order chi connectivity index (χ0) is 20.7. The van der Waals surface area contributed by atoms with Gasteiger partial charge in [0.25, 0.3) is 0 Å². The van der Waals surface area contributed by atoms with Crippen LogP contribution in [-0.2, 0) is 14.6 Å². The Morgan fingerprint density at radius 1 is 1.25 bits per heavy atom. The summed E-state index contributed by atoms with van der Waals surface area (Å²) in [7, 11) is 0. The van der Waals surface area contributed by atoms with E-state index in [4.69, 9.17) is 9.78 Å². The van der Waals surface area contributed by atoms with Crippen LogP contribution in [0.2, 0.25) is 0 Å². The maximum atomic E-state index is 11.2. The van der Waals surface area contributed by atoms with Crippen molar-refractivity contribution < 1.29 is 19.7 Å². The van der Waals surface area contributed by atoms with Gasteiger partial charge in [-0.2, -0.15) is 0 Å². The van der Waals surface area contributed by atoms with Crippen LogP contribution in [0, 0.1) is 29.1 Å². The molecule has 1 heterocycles. The average Bonchev–Trinajstić information content (AvgIpc) is 2.60. The molecule has 0 aromatic carbocycles. The van der Waals surface area contributed by atoms with E-state index in [1.54, 1.807) is 6.92 Å². The van der Waals surface area contributed by atoms with Gasteiger partial charge in [-0.1, -0.05) is 38.2 Å². The van der Waals surface area contributed by atoms with Crippen LogP contribution in [0.25, 0.3) is 0 Å². The summed E-state index contributed by atoms with van der Waals surface area (Å²) in [5.41, 5.74) is 2.70. The van der Waals surface area contributed by atoms with Crippen LogP contribution in [-0.4, -0.2) is 22.8 Å². The second kappa shape index (κ2) is 7.95. The third-order valence-corrected chi connectivity index (χ3v) is 8.04. The van der Waals surface area contributed by atoms with Crippen molar-refractivity contribution in [2.45, 2.75) is 90.8 Å². The molecular formula is C24H38O4. The number of aliphatic carboxylic acids is 1. The summed E-state index contributed by atoms with van der Waals surface area (Å²) in [5, 5.41) is 9.19. The molecule has 4 nitrogen and oxygen atoms in total. The third-order valence-electron chi connectivity index (χ3n) is 8.04. The Hall–Kier alpha value is -1.13. The zero-order valence-electron chi connectivity index (χ0n) is 18.1. The summed E-state index contributed by atoms with van der Waals surface area (Å²) >= 11 is 0. The van der Waals surface area contributed by atoms with Crippen molar-refractivity contribution in [1.29, 1.82) is 0 Å². The molecule has 3 rings (SSSR count). The molecule has 1 N–H and O–H groups in total. The number of rotatable bonds is 5. The fraction of sp³-hybridized carbons (Fsp3) is 0.792. The minimum Gasteiger partial charge on any atom is -0.481 e. The Bertz CT molecular complexity index is 627. The van der Waals surface area contributed by atoms with E-state index >= 15 is 0 Å². The molecule has 1 aliphatic heterocycles. The van der Waals surface area contributed by atoms with Gasteiger partial charge >= 0.3 is 5.97 Å². The number of fused-ring (bicyclic) bond motifs is 1. The highest BCUT2D eigenvalue weighted by Crippen LogP contribution is 2.57. The molecule has 3 fully saturated rings. The quantitative estimate of drug-likeness (QED) is 0.467. The number of hydrogen-bond acceptors (Lipinski definition) is 3. The monoisotopic (exact) mass is 390 g/mol. The van der Waals surface area contributed by atoms with E-state index in [1.807, 2.05) is 0 Å². The van der Waals surface area contributed by atoms with Crippen LogP contribution in [0.15, 0.2) is 24.3 Å². The van der Waals surface area contributed by atoms with Crippen LogP contribution in [0.3, 0.4) is 0 Å². The van der Waals surface area contributed by atoms with Gasteiger partial charge in [0.05, 0.1) is 5.92 Å². The molecule has 0 spiro atoms. The summed E-state index contributed by atoms with van der Waals surface area (Å²) in [6.07, 6.45) is 7.89. The van der Waals surface area contributed by atoms with Crippen molar-refractivity contribution in [3.63, 3.8) is 0 Å². The SMILES string of the molecule is C=C1CCC2C(C1)CC(=C)C(CCC1(C)CCC(C(C)C(=O)O)OO1)C2(C)C. The van der Waals surface area contributed by atoms with Gasteiger partial charge in [0.15, 0.2) is 0 Å². The Balaban J connectivity index is 1.60. The number of carboxylic acids is 1. The minimum atomic E-state index is -0.831. The van der Waals surface area contributed by atoms with Crippen molar-refractivity contribution in [3.8, 4) is 0 Å². The van der Waals surface area contributed by atoms with Gasteiger partial charge in [-0.05, 0) is 88.4 Å². The van der Waals surface area contributed by atoms with E-state index in [0.29, 0.717) is 11.8 Å². The van der Waals surface area contributed by atoms with Gasteiger partial charge in [-0.15, -0.1) is 0 Å². The predicted octanol–water partition coefficient (Wildman–Crippen LogP) is 5.93. The average molecular weight is 391 g/mol. The summed E-state index contributed by atoms with van der Waals surface area (Å²) in [5.74, 6) is 0.576. The second-order valence-corrected chi connectivity index (χ2v) is 10.5. The van der Waals surface area contributed by atoms with Crippen LogP contribution in [0.5, 0.6) is 0 Å². The van der Waals surface area contributed by atoms with Gasteiger partial charge in [0, 0.05) is 0 Å². The molecule has 0 radical (unpaired) electrons. The molecule has 2 aliphatic carbocycles. The van der Waals surface area contributed by atoms with Crippen molar-refractivity contribution in [1.82, 2.24) is 0 Å². The fourth-order valence-corrected chi connectivity index (χ4v) is 6.07. The summed E-state index contributed by atoms with van der Waals surface area (Å²) < 4.78 is 0. The lowest BCUT2D eigenvalue weighted by Gasteiger charge is -2.53. The lowest BCUT2D eigenvalue weighted by Crippen LogP contribution is -2.46. The number of allylic oxidation sites excluding steroid dienone is 2. The lowest BCUT2D eigenvalue weighted by molar-refractivity contribution is -0.411. The highest BCUT2D eigenvalue weighted by atomic mass is 17.2. The zero-order valence-corrected chi connectivity index (χ0v) is 18.1. The fourth-order valence-electron chi connectivity index (χ4n) is 6.07. The maximum absolute atomic E-state index is 11.2. The van der Waals surface area contributed by atoms with Gasteiger partial charge in [0.1, 0.15) is 11.7 Å². The number of carbonyl (C=O) groups is 1. The molecule has 2 saturated carbocycles. The third kappa shape index (κ3) is 4.23. The van der Waals surface area contributed by atoms with E-state index in [0.717, 1.165) is 44.4 Å². The van der Waals surface area contributed by atoms with Crippen LogP contribution in [0.1, 0.15) is 79.1 Å². The standard InChI is InChI=1S/C24H38O4/c1-15-7-8-20-18(13-15)14-16(2)19(23(20,4)5)9-11-24(6)12-10-21(27-28-24)17(3)22(25)26/h17-21H,1-2,7-14H2,3-6H3,(H,25,26). The number of carboxylic acid groups (broad SMARTS) is 1. The first-order chi connectivity index (χ1) is 13.0. The first-order valence-electron chi connectivity index (χ1n) is 10.9. The van der Waals surface area contributed by atoms with Crippen LogP contribution >= 0.6 is 0 Å². The molecule has 0 bridgehead atoms. The molecule has 158 valence electrons. The Morgan fingerprint density at radius 3 is 2.57 bits per heavy atom. The Morgan fingerprint density at radius 2 is 1.96 bits per heavy atom. The van der Waals surface area contributed by atoms with E-state index in [1.165, 1.54) is 24.0 Å². The maximum Gasteiger partial charge on any atom is 0.308 e. The van der Waals surface area contributed by atoms with Crippen molar-refractivity contribution in [2.75, 3.05) is 0 Å². The first kappa shape index (κ1) is 21.6. The smallest absolute Gasteiger partial charge is 0.308 e. The second-order valence-electron chi connectivity index (χ2n) is 10.5. The molecule has 6 unspecified atom stereocenters. The van der Waals surface area contributed by atoms with Gasteiger partial charge in [-0.25, -0.2) is 9.78 Å². The van der Waals surface area contributed by atoms with Gasteiger partial charge in [-0.3, -0.25) is 4.79 Å². The molecular weight excluding hydrogens is 352 g/mol. The number of hydrogen-bond donors (Lipinski definition) is 1. The van der Waals surface area contributed by atoms with Gasteiger partial charge in [0.2, 0.25) is 0 Å². The van der Waals surface area contributed by atoms with Crippen molar-refractivity contribution >= 4 is 5.97 Å².